The van der Waals surface area contributed by atoms with E-state index in [1.165, 1.54) is 44.9 Å². The Bertz CT molecular complexity index is 626. The van der Waals surface area contributed by atoms with E-state index >= 15 is 0 Å². The highest BCUT2D eigenvalue weighted by molar-refractivity contribution is 5.89. The minimum absolute atomic E-state index is 0.111. The van der Waals surface area contributed by atoms with E-state index in [9.17, 15) is 4.79 Å². The van der Waals surface area contributed by atoms with Crippen LogP contribution in [-0.2, 0) is 9.53 Å². The number of hydrogen-bond acceptors (Lipinski definition) is 2. The van der Waals surface area contributed by atoms with Crippen LogP contribution in [0.1, 0.15) is 72.1 Å². The van der Waals surface area contributed by atoms with Crippen LogP contribution in [0.25, 0.3) is 0 Å². The molecule has 0 radical (unpaired) electrons. The molecule has 8 atom stereocenters. The van der Waals surface area contributed by atoms with E-state index < -0.39 is 0 Å². The molecule has 1 N–H and O–H groups in total. The average molecular weight is 358 g/mol. The van der Waals surface area contributed by atoms with Gasteiger partial charge in [-0.25, -0.2) is 0 Å². The number of carbonyl (C=O) groups excluding carboxylic acids is 1. The Labute approximate surface area is 158 Å². The summed E-state index contributed by atoms with van der Waals surface area (Å²) in [5.74, 6) is 3.17. The molecule has 0 aromatic carbocycles. The number of nitrogens with one attached hydrogen (secondary N) is 1. The van der Waals surface area contributed by atoms with E-state index in [-0.39, 0.29) is 11.3 Å². The highest BCUT2D eigenvalue weighted by Crippen LogP contribution is 2.65. The summed E-state index contributed by atoms with van der Waals surface area (Å²) < 4.78 is 6.52. The number of carbonyl (C=O) groups is 1. The van der Waals surface area contributed by atoms with Crippen LogP contribution in [0.15, 0.2) is 12.2 Å². The predicted molar refractivity (Wildman–Crippen MR) is 103 cm³/mol. The summed E-state index contributed by atoms with van der Waals surface area (Å²) in [5.41, 5.74) is 0.517. The first kappa shape index (κ1) is 17.3. The van der Waals surface area contributed by atoms with Crippen LogP contribution >= 0.6 is 0 Å². The normalized spacial score (nSPS) is 52.8. The Morgan fingerprint density at radius 2 is 1.96 bits per heavy atom. The van der Waals surface area contributed by atoms with Crippen LogP contribution in [0.4, 0.5) is 0 Å². The number of hydrogen-bond donors (Lipinski definition) is 1. The second-order valence-electron chi connectivity index (χ2n) is 10.4. The lowest BCUT2D eigenvalue weighted by atomic mass is 9.45. The number of rotatable bonds is 3. The molecule has 3 nitrogen and oxygen atoms in total. The smallest absolute Gasteiger partial charge is 0.243 e. The van der Waals surface area contributed by atoms with Crippen LogP contribution in [-0.4, -0.2) is 24.2 Å². The van der Waals surface area contributed by atoms with Gasteiger partial charge in [-0.15, -0.1) is 0 Å². The summed E-state index contributed by atoms with van der Waals surface area (Å²) in [5, 5.41) is 3.32. The first-order chi connectivity index (χ1) is 12.5. The fourth-order valence-electron chi connectivity index (χ4n) is 7.53. The van der Waals surface area contributed by atoms with E-state index in [0.29, 0.717) is 29.6 Å². The van der Waals surface area contributed by atoms with Crippen molar-refractivity contribution in [3.05, 3.63) is 12.2 Å². The minimum atomic E-state index is 0.111. The highest BCUT2D eigenvalue weighted by atomic mass is 16.5. The average Bonchev–Trinajstić information content (AvgIpc) is 3.37. The van der Waals surface area contributed by atoms with E-state index in [1.54, 1.807) is 6.08 Å². The molecule has 4 saturated carbocycles. The summed E-state index contributed by atoms with van der Waals surface area (Å²) in [7, 11) is 0. The molecule has 3 heteroatoms. The molecule has 1 aliphatic heterocycles. The van der Waals surface area contributed by atoms with Crippen molar-refractivity contribution in [2.45, 2.75) is 90.4 Å². The van der Waals surface area contributed by atoms with Crippen LogP contribution in [0, 0.1) is 34.5 Å². The van der Waals surface area contributed by atoms with Gasteiger partial charge in [-0.2, -0.15) is 0 Å². The second-order valence-corrected chi connectivity index (χ2v) is 10.4. The van der Waals surface area contributed by atoms with Crippen molar-refractivity contribution in [1.29, 1.82) is 0 Å². The Morgan fingerprint density at radius 3 is 2.69 bits per heavy atom. The fraction of sp³-hybridized carbons (Fsp3) is 0.870. The Balaban J connectivity index is 1.48. The van der Waals surface area contributed by atoms with E-state index in [0.717, 1.165) is 24.2 Å². The van der Waals surface area contributed by atoms with Crippen molar-refractivity contribution in [1.82, 2.24) is 5.32 Å². The first-order valence-electron chi connectivity index (χ1n) is 11.1. The summed E-state index contributed by atoms with van der Waals surface area (Å²) in [6.07, 6.45) is 15.3. The maximum Gasteiger partial charge on any atom is 0.243 e. The third-order valence-corrected chi connectivity index (χ3v) is 9.19. The number of fused-ring (bicyclic) bond motifs is 5. The van der Waals surface area contributed by atoms with Crippen molar-refractivity contribution in [3.63, 3.8) is 0 Å². The largest absolute Gasteiger partial charge is 0.374 e. The monoisotopic (exact) mass is 357 g/mol. The molecule has 0 bridgehead atoms. The lowest BCUT2D eigenvalue weighted by Gasteiger charge is -2.61. The lowest BCUT2D eigenvalue weighted by molar-refractivity contribution is -0.134. The SMILES string of the molecule is CCC1CC2NC(=O)C=C[C@]2(C)[C@@H]2CC[C@]3(C)C(OC4CC4)CC[C@H]3[C@H]12. The van der Waals surface area contributed by atoms with Gasteiger partial charge in [0.05, 0.1) is 12.2 Å². The van der Waals surface area contributed by atoms with Gasteiger partial charge in [0, 0.05) is 11.5 Å². The molecule has 3 unspecified atom stereocenters. The molecule has 0 saturated heterocycles. The van der Waals surface area contributed by atoms with Gasteiger partial charge in [-0.05, 0) is 80.1 Å². The molecule has 0 spiro atoms. The van der Waals surface area contributed by atoms with Crippen molar-refractivity contribution < 1.29 is 9.53 Å². The van der Waals surface area contributed by atoms with Crippen molar-refractivity contribution in [2.75, 3.05) is 0 Å². The van der Waals surface area contributed by atoms with Gasteiger partial charge in [-0.1, -0.05) is 33.3 Å². The van der Waals surface area contributed by atoms with Gasteiger partial charge in [0.15, 0.2) is 0 Å². The number of amides is 1. The molecule has 5 aliphatic rings. The molecular formula is C23H35NO2. The van der Waals surface area contributed by atoms with Crippen LogP contribution in [0.2, 0.25) is 0 Å². The maximum absolute atomic E-state index is 12.0. The van der Waals surface area contributed by atoms with Gasteiger partial charge < -0.3 is 10.1 Å². The fourth-order valence-corrected chi connectivity index (χ4v) is 7.53. The van der Waals surface area contributed by atoms with E-state index in [2.05, 4.69) is 32.2 Å². The molecule has 4 fully saturated rings. The Hall–Kier alpha value is -0.830. The summed E-state index contributed by atoms with van der Waals surface area (Å²) >= 11 is 0. The lowest BCUT2D eigenvalue weighted by Crippen LogP contribution is -2.62. The standard InChI is InChI=1S/C23H35NO2/c1-4-14-13-18-22(2,12-10-20(25)24-18)17-9-11-23(3)16(21(14)17)7-8-19(23)26-15-5-6-15/h10,12,14-19,21H,4-9,11,13H2,1-3H3,(H,24,25)/t14?,16-,17+,18?,19?,21-,22+,23-/m0/s1. The Kier molecular flexibility index (Phi) is 3.88. The molecule has 1 heterocycles. The molecule has 1 amide bonds. The van der Waals surface area contributed by atoms with Gasteiger partial charge in [0.2, 0.25) is 5.91 Å². The van der Waals surface area contributed by atoms with E-state index in [4.69, 9.17) is 4.74 Å². The van der Waals surface area contributed by atoms with Gasteiger partial charge >= 0.3 is 0 Å². The quantitative estimate of drug-likeness (QED) is 0.809. The summed E-state index contributed by atoms with van der Waals surface area (Å²) in [4.78, 5) is 12.0. The van der Waals surface area contributed by atoms with Crippen LogP contribution in [0.3, 0.4) is 0 Å². The third-order valence-electron chi connectivity index (χ3n) is 9.19. The van der Waals surface area contributed by atoms with Crippen molar-refractivity contribution >= 4 is 5.91 Å². The van der Waals surface area contributed by atoms with Gasteiger partial charge in [0.1, 0.15) is 0 Å². The zero-order chi connectivity index (χ0) is 18.1. The van der Waals surface area contributed by atoms with Crippen LogP contribution in [0.5, 0.6) is 0 Å². The zero-order valence-electron chi connectivity index (χ0n) is 16.7. The highest BCUT2D eigenvalue weighted by Gasteiger charge is 2.62. The van der Waals surface area contributed by atoms with E-state index in [1.807, 2.05) is 0 Å². The minimum Gasteiger partial charge on any atom is -0.374 e. The molecule has 5 rings (SSSR count). The predicted octanol–water partition coefficient (Wildman–Crippen LogP) is 4.47. The van der Waals surface area contributed by atoms with Gasteiger partial charge in [0.25, 0.3) is 0 Å². The van der Waals surface area contributed by atoms with Crippen molar-refractivity contribution in [3.8, 4) is 0 Å². The molecule has 0 aromatic heterocycles. The first-order valence-corrected chi connectivity index (χ1v) is 11.1. The third kappa shape index (κ3) is 2.38. The summed E-state index contributed by atoms with van der Waals surface area (Å²) in [6.45, 7) is 7.34. The zero-order valence-corrected chi connectivity index (χ0v) is 16.7. The molecular weight excluding hydrogens is 322 g/mol. The molecule has 144 valence electrons. The Morgan fingerprint density at radius 1 is 1.15 bits per heavy atom. The second kappa shape index (κ2) is 5.83. The maximum atomic E-state index is 12.0. The topological polar surface area (TPSA) is 38.3 Å². The number of ether oxygens (including phenoxy) is 1. The van der Waals surface area contributed by atoms with Gasteiger partial charge in [-0.3, -0.25) is 4.79 Å². The summed E-state index contributed by atoms with van der Waals surface area (Å²) in [6, 6.07) is 0.329. The molecule has 0 aromatic rings. The molecule has 4 aliphatic carbocycles. The molecule has 26 heavy (non-hydrogen) atoms. The van der Waals surface area contributed by atoms with Crippen LogP contribution < -0.4 is 5.32 Å². The van der Waals surface area contributed by atoms with Crippen molar-refractivity contribution in [2.24, 2.45) is 34.5 Å².